The molecule has 1 aliphatic rings. The van der Waals surface area contributed by atoms with E-state index in [1.54, 1.807) is 6.33 Å². The minimum Gasteiger partial charge on any atom is -0.315 e. The quantitative estimate of drug-likeness (QED) is 0.613. The Morgan fingerprint density at radius 2 is 2.44 bits per heavy atom. The molecule has 0 aliphatic carbocycles. The smallest absolute Gasteiger partial charge is 0.137 e. The zero-order chi connectivity index (χ0) is 11.1. The Kier molecular flexibility index (Phi) is 4.76. The van der Waals surface area contributed by atoms with Gasteiger partial charge in [0.15, 0.2) is 0 Å². The Balaban J connectivity index is 1.48. The Morgan fingerprint density at radius 1 is 1.44 bits per heavy atom. The van der Waals surface area contributed by atoms with Crippen LogP contribution in [0.5, 0.6) is 0 Å². The van der Waals surface area contributed by atoms with Gasteiger partial charge in [0, 0.05) is 19.0 Å². The van der Waals surface area contributed by atoms with Crippen LogP contribution in [-0.2, 0) is 6.42 Å². The Hall–Kier alpha value is -0.940. The lowest BCUT2D eigenvalue weighted by Crippen LogP contribution is -2.41. The minimum absolute atomic E-state index is 0.680. The van der Waals surface area contributed by atoms with Crippen molar-refractivity contribution in [3.05, 3.63) is 12.2 Å². The zero-order valence-electron chi connectivity index (χ0n) is 9.71. The first-order valence-electron chi connectivity index (χ1n) is 6.23. The van der Waals surface area contributed by atoms with Gasteiger partial charge in [0.1, 0.15) is 12.2 Å². The molecule has 1 unspecified atom stereocenters. The van der Waals surface area contributed by atoms with E-state index in [9.17, 15) is 0 Å². The maximum atomic E-state index is 4.10. The van der Waals surface area contributed by atoms with Crippen LogP contribution in [0.15, 0.2) is 6.33 Å². The lowest BCUT2D eigenvalue weighted by molar-refractivity contribution is 0.383. The Labute approximate surface area is 96.4 Å². The van der Waals surface area contributed by atoms with Crippen molar-refractivity contribution in [2.75, 3.05) is 19.6 Å². The van der Waals surface area contributed by atoms with E-state index in [1.807, 2.05) is 0 Å². The van der Waals surface area contributed by atoms with Crippen LogP contribution in [0.2, 0.25) is 0 Å². The third-order valence-electron chi connectivity index (χ3n) is 3.04. The van der Waals surface area contributed by atoms with E-state index in [4.69, 9.17) is 0 Å². The first-order chi connectivity index (χ1) is 7.95. The van der Waals surface area contributed by atoms with Gasteiger partial charge in [0.05, 0.1) is 0 Å². The summed E-state index contributed by atoms with van der Waals surface area (Å²) in [5.74, 6) is 0.984. The first-order valence-corrected chi connectivity index (χ1v) is 6.23. The molecule has 3 N–H and O–H groups in total. The molecule has 0 spiro atoms. The second-order valence-electron chi connectivity index (χ2n) is 4.39. The van der Waals surface area contributed by atoms with Gasteiger partial charge in [-0.15, -0.1) is 0 Å². The molecule has 0 amide bonds. The average molecular weight is 223 g/mol. The molecule has 16 heavy (non-hydrogen) atoms. The average Bonchev–Trinajstić information content (AvgIpc) is 2.83. The third kappa shape index (κ3) is 3.90. The lowest BCUT2D eigenvalue weighted by Gasteiger charge is -2.23. The molecule has 1 atom stereocenters. The van der Waals surface area contributed by atoms with E-state index in [0.717, 1.165) is 31.8 Å². The molecule has 0 saturated carbocycles. The predicted octanol–water partition coefficient (Wildman–Crippen LogP) is 0.469. The highest BCUT2D eigenvalue weighted by molar-refractivity contribution is 4.80. The summed E-state index contributed by atoms with van der Waals surface area (Å²) < 4.78 is 0. The SMILES string of the molecule is c1n[nH]c(CCCNCC2CCCCN2)n1. The molecule has 2 heterocycles. The van der Waals surface area contributed by atoms with Crippen LogP contribution >= 0.6 is 0 Å². The van der Waals surface area contributed by atoms with Crippen molar-refractivity contribution in [2.45, 2.75) is 38.1 Å². The molecule has 0 aromatic carbocycles. The molecule has 5 nitrogen and oxygen atoms in total. The second-order valence-corrected chi connectivity index (χ2v) is 4.39. The van der Waals surface area contributed by atoms with E-state index in [0.29, 0.717) is 6.04 Å². The highest BCUT2D eigenvalue weighted by Crippen LogP contribution is 2.05. The molecule has 1 saturated heterocycles. The second kappa shape index (κ2) is 6.60. The predicted molar refractivity (Wildman–Crippen MR) is 63.2 cm³/mol. The number of nitrogens with one attached hydrogen (secondary N) is 3. The van der Waals surface area contributed by atoms with Gasteiger partial charge in [0.2, 0.25) is 0 Å². The molecule has 90 valence electrons. The summed E-state index contributed by atoms with van der Waals surface area (Å²) in [5, 5.41) is 13.7. The number of aryl methyl sites for hydroxylation is 1. The van der Waals surface area contributed by atoms with Crippen molar-refractivity contribution in [3.8, 4) is 0 Å². The maximum absolute atomic E-state index is 4.10. The van der Waals surface area contributed by atoms with Crippen LogP contribution in [0.25, 0.3) is 0 Å². The van der Waals surface area contributed by atoms with Gasteiger partial charge in [-0.2, -0.15) is 5.10 Å². The molecular formula is C11H21N5. The summed E-state index contributed by atoms with van der Waals surface area (Å²) in [6, 6.07) is 0.680. The topological polar surface area (TPSA) is 65.6 Å². The van der Waals surface area contributed by atoms with Crippen molar-refractivity contribution in [1.29, 1.82) is 0 Å². The fourth-order valence-corrected chi connectivity index (χ4v) is 2.11. The monoisotopic (exact) mass is 223 g/mol. The number of H-pyrrole nitrogens is 1. The van der Waals surface area contributed by atoms with Gasteiger partial charge in [-0.25, -0.2) is 4.98 Å². The van der Waals surface area contributed by atoms with Gasteiger partial charge in [-0.05, 0) is 32.4 Å². The Bertz CT molecular complexity index is 266. The van der Waals surface area contributed by atoms with Crippen LogP contribution in [0, 0.1) is 0 Å². The molecule has 1 aliphatic heterocycles. The molecule has 1 aromatic rings. The number of rotatable bonds is 6. The number of piperidine rings is 1. The highest BCUT2D eigenvalue weighted by Gasteiger charge is 2.10. The van der Waals surface area contributed by atoms with Crippen molar-refractivity contribution >= 4 is 0 Å². The van der Waals surface area contributed by atoms with E-state index in [2.05, 4.69) is 25.8 Å². The lowest BCUT2D eigenvalue weighted by atomic mass is 10.1. The molecular weight excluding hydrogens is 202 g/mol. The maximum Gasteiger partial charge on any atom is 0.137 e. The van der Waals surface area contributed by atoms with Crippen LogP contribution < -0.4 is 10.6 Å². The Morgan fingerprint density at radius 3 is 3.19 bits per heavy atom. The zero-order valence-corrected chi connectivity index (χ0v) is 9.71. The van der Waals surface area contributed by atoms with E-state index < -0.39 is 0 Å². The van der Waals surface area contributed by atoms with Gasteiger partial charge >= 0.3 is 0 Å². The van der Waals surface area contributed by atoms with Gasteiger partial charge in [-0.3, -0.25) is 5.10 Å². The van der Waals surface area contributed by atoms with Crippen molar-refractivity contribution in [2.24, 2.45) is 0 Å². The van der Waals surface area contributed by atoms with Crippen LogP contribution in [0.1, 0.15) is 31.5 Å². The molecule has 0 radical (unpaired) electrons. The van der Waals surface area contributed by atoms with Gasteiger partial charge in [-0.1, -0.05) is 6.42 Å². The van der Waals surface area contributed by atoms with Crippen LogP contribution in [-0.4, -0.2) is 40.9 Å². The van der Waals surface area contributed by atoms with E-state index in [1.165, 1.54) is 25.8 Å². The van der Waals surface area contributed by atoms with Gasteiger partial charge in [0.25, 0.3) is 0 Å². The van der Waals surface area contributed by atoms with Gasteiger partial charge < -0.3 is 10.6 Å². The number of nitrogens with zero attached hydrogens (tertiary/aromatic N) is 2. The number of aromatic nitrogens is 3. The van der Waals surface area contributed by atoms with Crippen LogP contribution in [0.4, 0.5) is 0 Å². The first kappa shape index (κ1) is 11.5. The minimum atomic E-state index is 0.680. The van der Waals surface area contributed by atoms with E-state index >= 15 is 0 Å². The molecule has 1 fully saturated rings. The van der Waals surface area contributed by atoms with E-state index in [-0.39, 0.29) is 0 Å². The number of hydrogen-bond donors (Lipinski definition) is 3. The normalized spacial score (nSPS) is 21.1. The largest absolute Gasteiger partial charge is 0.315 e. The summed E-state index contributed by atoms with van der Waals surface area (Å²) in [4.78, 5) is 4.10. The highest BCUT2D eigenvalue weighted by atomic mass is 15.2. The third-order valence-corrected chi connectivity index (χ3v) is 3.04. The molecule has 5 heteroatoms. The summed E-state index contributed by atoms with van der Waals surface area (Å²) in [6.45, 7) is 3.33. The number of aromatic amines is 1. The summed E-state index contributed by atoms with van der Waals surface area (Å²) in [6.07, 6.45) is 7.68. The fraction of sp³-hybridized carbons (Fsp3) is 0.818. The number of hydrogen-bond acceptors (Lipinski definition) is 4. The molecule has 0 bridgehead atoms. The fourth-order valence-electron chi connectivity index (χ4n) is 2.11. The summed E-state index contributed by atoms with van der Waals surface area (Å²) >= 11 is 0. The van der Waals surface area contributed by atoms with Crippen molar-refractivity contribution in [1.82, 2.24) is 25.8 Å². The summed E-state index contributed by atoms with van der Waals surface area (Å²) in [7, 11) is 0. The summed E-state index contributed by atoms with van der Waals surface area (Å²) in [5.41, 5.74) is 0. The van der Waals surface area contributed by atoms with Crippen LogP contribution in [0.3, 0.4) is 0 Å². The standard InChI is InChI=1S/C11H21N5/c1-2-7-13-10(4-1)8-12-6-3-5-11-14-9-15-16-11/h9-10,12-13H,1-8H2,(H,14,15,16). The molecule has 2 rings (SSSR count). The molecule has 1 aromatic heterocycles. The van der Waals surface area contributed by atoms with Crippen molar-refractivity contribution in [3.63, 3.8) is 0 Å². The van der Waals surface area contributed by atoms with Crippen molar-refractivity contribution < 1.29 is 0 Å².